The molecule has 2 nitrogen and oxygen atoms in total. The van der Waals surface area contributed by atoms with Gasteiger partial charge in [0.25, 0.3) is 0 Å². The van der Waals surface area contributed by atoms with E-state index in [2.05, 4.69) is 56.0 Å². The lowest BCUT2D eigenvalue weighted by Gasteiger charge is -2.22. The van der Waals surface area contributed by atoms with E-state index in [1.165, 1.54) is 16.8 Å². The van der Waals surface area contributed by atoms with Gasteiger partial charge in [-0.3, -0.25) is 0 Å². The number of aromatic hydroxyl groups is 1. The van der Waals surface area contributed by atoms with Gasteiger partial charge >= 0.3 is 0 Å². The van der Waals surface area contributed by atoms with Gasteiger partial charge in [0.1, 0.15) is 5.75 Å². The van der Waals surface area contributed by atoms with Gasteiger partial charge in [-0.05, 0) is 34.7 Å². The Morgan fingerprint density at radius 2 is 1.65 bits per heavy atom. The van der Waals surface area contributed by atoms with Crippen molar-refractivity contribution in [3.8, 4) is 5.75 Å². The minimum Gasteiger partial charge on any atom is -0.508 e. The van der Waals surface area contributed by atoms with Gasteiger partial charge in [0.2, 0.25) is 0 Å². The summed E-state index contributed by atoms with van der Waals surface area (Å²) in [6, 6.07) is 14.6. The molecule has 0 saturated carbocycles. The van der Waals surface area contributed by atoms with Crippen LogP contribution in [0.15, 0.2) is 42.5 Å². The maximum atomic E-state index is 9.92. The van der Waals surface area contributed by atoms with Crippen molar-refractivity contribution >= 4 is 5.69 Å². The summed E-state index contributed by atoms with van der Waals surface area (Å²) < 4.78 is 0. The average Bonchev–Trinajstić information content (AvgIpc) is 2.83. The smallest absolute Gasteiger partial charge is 0.120 e. The summed E-state index contributed by atoms with van der Waals surface area (Å²) in [5.41, 5.74) is 5.04. The fourth-order valence-corrected chi connectivity index (χ4v) is 2.76. The molecule has 20 heavy (non-hydrogen) atoms. The Labute approximate surface area is 120 Å². The molecule has 2 heteroatoms. The Morgan fingerprint density at radius 3 is 2.25 bits per heavy atom. The Morgan fingerprint density at radius 1 is 0.950 bits per heavy atom. The van der Waals surface area contributed by atoms with Crippen LogP contribution in [0.4, 0.5) is 5.69 Å². The number of rotatable bonds is 1. The zero-order valence-corrected chi connectivity index (χ0v) is 12.4. The number of anilines is 1. The van der Waals surface area contributed by atoms with E-state index in [4.69, 9.17) is 0 Å². The minimum absolute atomic E-state index is 0.185. The highest BCUT2D eigenvalue weighted by Crippen LogP contribution is 2.34. The van der Waals surface area contributed by atoms with Gasteiger partial charge in [-0.2, -0.15) is 0 Å². The van der Waals surface area contributed by atoms with Crippen LogP contribution in [0.3, 0.4) is 0 Å². The summed E-state index contributed by atoms with van der Waals surface area (Å²) in [4.78, 5) is 2.30. The fraction of sp³-hybridized carbons (Fsp3) is 0.333. The van der Waals surface area contributed by atoms with E-state index in [1.807, 2.05) is 6.07 Å². The van der Waals surface area contributed by atoms with Gasteiger partial charge in [-0.25, -0.2) is 0 Å². The highest BCUT2D eigenvalue weighted by molar-refractivity contribution is 5.55. The van der Waals surface area contributed by atoms with E-state index in [-0.39, 0.29) is 5.41 Å². The molecule has 2 aromatic carbocycles. The average molecular weight is 267 g/mol. The third-order valence-electron chi connectivity index (χ3n) is 4.06. The molecule has 0 aromatic heterocycles. The topological polar surface area (TPSA) is 23.5 Å². The molecule has 0 bridgehead atoms. The van der Waals surface area contributed by atoms with Gasteiger partial charge < -0.3 is 10.0 Å². The van der Waals surface area contributed by atoms with E-state index in [9.17, 15) is 5.11 Å². The number of benzene rings is 2. The Balaban J connectivity index is 1.85. The van der Waals surface area contributed by atoms with Gasteiger partial charge in [0, 0.05) is 24.3 Å². The second-order valence-electron chi connectivity index (χ2n) is 6.57. The Kier molecular flexibility index (Phi) is 2.97. The standard InChI is InChI=1S/C18H21NO/c1-18(2,3)14-7-9-15(10-8-14)19-11-13-5-4-6-17(20)16(13)12-19/h4-10,20H,11-12H2,1-3H3. The second-order valence-corrected chi connectivity index (χ2v) is 6.57. The first-order valence-corrected chi connectivity index (χ1v) is 7.10. The predicted molar refractivity (Wildman–Crippen MR) is 83.1 cm³/mol. The first-order valence-electron chi connectivity index (χ1n) is 7.10. The second kappa shape index (κ2) is 4.55. The first kappa shape index (κ1) is 13.0. The van der Waals surface area contributed by atoms with Crippen LogP contribution >= 0.6 is 0 Å². The van der Waals surface area contributed by atoms with Gasteiger partial charge in [0.15, 0.2) is 0 Å². The van der Waals surface area contributed by atoms with Crippen molar-refractivity contribution in [2.45, 2.75) is 39.3 Å². The fourth-order valence-electron chi connectivity index (χ4n) is 2.76. The van der Waals surface area contributed by atoms with Crippen molar-refractivity contribution in [3.05, 3.63) is 59.2 Å². The normalized spacial score (nSPS) is 14.4. The molecule has 3 rings (SSSR count). The SMILES string of the molecule is CC(C)(C)c1ccc(N2Cc3cccc(O)c3C2)cc1. The summed E-state index contributed by atoms with van der Waals surface area (Å²) in [7, 11) is 0. The first-order chi connectivity index (χ1) is 9.45. The molecule has 0 unspecified atom stereocenters. The highest BCUT2D eigenvalue weighted by Gasteiger charge is 2.22. The van der Waals surface area contributed by atoms with Crippen LogP contribution < -0.4 is 4.90 Å². The zero-order chi connectivity index (χ0) is 14.3. The quantitative estimate of drug-likeness (QED) is 0.836. The molecule has 1 heterocycles. The van der Waals surface area contributed by atoms with Crippen molar-refractivity contribution in [1.82, 2.24) is 0 Å². The van der Waals surface area contributed by atoms with E-state index in [0.717, 1.165) is 18.7 Å². The number of hydrogen-bond acceptors (Lipinski definition) is 2. The molecule has 0 radical (unpaired) electrons. The zero-order valence-electron chi connectivity index (χ0n) is 12.4. The van der Waals surface area contributed by atoms with Crippen LogP contribution in [-0.4, -0.2) is 5.11 Å². The molecular formula is C18H21NO. The molecule has 2 aromatic rings. The van der Waals surface area contributed by atoms with Crippen LogP contribution in [-0.2, 0) is 18.5 Å². The molecule has 0 aliphatic carbocycles. The van der Waals surface area contributed by atoms with Crippen molar-refractivity contribution in [2.24, 2.45) is 0 Å². The molecule has 0 amide bonds. The third-order valence-corrected chi connectivity index (χ3v) is 4.06. The summed E-state index contributed by atoms with van der Waals surface area (Å²) in [6.45, 7) is 8.35. The van der Waals surface area contributed by atoms with Crippen LogP contribution in [0.5, 0.6) is 5.75 Å². The van der Waals surface area contributed by atoms with Crippen molar-refractivity contribution < 1.29 is 5.11 Å². The molecular weight excluding hydrogens is 246 g/mol. The number of nitrogens with zero attached hydrogens (tertiary/aromatic N) is 1. The number of fused-ring (bicyclic) bond motifs is 1. The highest BCUT2D eigenvalue weighted by atomic mass is 16.3. The Hall–Kier alpha value is -1.96. The minimum atomic E-state index is 0.185. The van der Waals surface area contributed by atoms with Crippen molar-refractivity contribution in [1.29, 1.82) is 0 Å². The maximum Gasteiger partial charge on any atom is 0.120 e. The molecule has 0 atom stereocenters. The molecule has 104 valence electrons. The van der Waals surface area contributed by atoms with Crippen LogP contribution in [0, 0.1) is 0 Å². The lowest BCUT2D eigenvalue weighted by atomic mass is 9.87. The van der Waals surface area contributed by atoms with E-state index in [0.29, 0.717) is 5.75 Å². The van der Waals surface area contributed by atoms with E-state index >= 15 is 0 Å². The Bertz CT molecular complexity index is 623. The monoisotopic (exact) mass is 267 g/mol. The predicted octanol–water partition coefficient (Wildman–Crippen LogP) is 4.21. The molecule has 0 spiro atoms. The third kappa shape index (κ3) is 2.26. The van der Waals surface area contributed by atoms with Gasteiger partial charge in [0.05, 0.1) is 0 Å². The molecule has 1 aliphatic heterocycles. The molecule has 1 aliphatic rings. The van der Waals surface area contributed by atoms with Crippen molar-refractivity contribution in [3.63, 3.8) is 0 Å². The van der Waals surface area contributed by atoms with Crippen LogP contribution in [0.2, 0.25) is 0 Å². The lowest BCUT2D eigenvalue weighted by Crippen LogP contribution is -2.15. The van der Waals surface area contributed by atoms with E-state index in [1.54, 1.807) is 6.07 Å². The molecule has 1 N–H and O–H groups in total. The van der Waals surface area contributed by atoms with Crippen LogP contribution in [0.25, 0.3) is 0 Å². The van der Waals surface area contributed by atoms with Gasteiger partial charge in [-0.15, -0.1) is 0 Å². The largest absolute Gasteiger partial charge is 0.508 e. The number of phenols is 1. The van der Waals surface area contributed by atoms with Crippen molar-refractivity contribution in [2.75, 3.05) is 4.90 Å². The van der Waals surface area contributed by atoms with Crippen LogP contribution in [0.1, 0.15) is 37.5 Å². The maximum absolute atomic E-state index is 9.92. The summed E-state index contributed by atoms with van der Waals surface area (Å²) in [6.07, 6.45) is 0. The molecule has 0 fully saturated rings. The van der Waals surface area contributed by atoms with E-state index < -0.39 is 0 Å². The summed E-state index contributed by atoms with van der Waals surface area (Å²) in [5, 5.41) is 9.92. The summed E-state index contributed by atoms with van der Waals surface area (Å²) in [5.74, 6) is 0.413. The molecule has 0 saturated heterocycles. The number of phenolic OH excluding ortho intramolecular Hbond substituents is 1. The summed E-state index contributed by atoms with van der Waals surface area (Å²) >= 11 is 0. The lowest BCUT2D eigenvalue weighted by molar-refractivity contribution is 0.469. The van der Waals surface area contributed by atoms with Gasteiger partial charge in [-0.1, -0.05) is 45.0 Å². The number of hydrogen-bond donors (Lipinski definition) is 1.